The first kappa shape index (κ1) is 16.7. The van der Waals surface area contributed by atoms with Crippen molar-refractivity contribution >= 4 is 43.4 Å². The molecule has 1 aliphatic heterocycles. The van der Waals surface area contributed by atoms with Gasteiger partial charge in [0.2, 0.25) is 0 Å². The number of sulfonamides is 1. The molecule has 4 nitrogen and oxygen atoms in total. The van der Waals surface area contributed by atoms with E-state index in [0.29, 0.717) is 16.8 Å². The number of anilines is 1. The van der Waals surface area contributed by atoms with Gasteiger partial charge in [0.1, 0.15) is 5.75 Å². The summed E-state index contributed by atoms with van der Waals surface area (Å²) in [5, 5.41) is 0. The van der Waals surface area contributed by atoms with Crippen molar-refractivity contribution in [2.24, 2.45) is 0 Å². The maximum atomic E-state index is 13.1. The number of benzene rings is 2. The van der Waals surface area contributed by atoms with Gasteiger partial charge in [-0.25, -0.2) is 8.42 Å². The fourth-order valence-electron chi connectivity index (χ4n) is 2.48. The van der Waals surface area contributed by atoms with E-state index in [1.807, 2.05) is 24.3 Å². The van der Waals surface area contributed by atoms with E-state index >= 15 is 0 Å². The van der Waals surface area contributed by atoms with Crippen LogP contribution in [0.25, 0.3) is 0 Å². The minimum atomic E-state index is -3.61. The molecule has 1 aliphatic rings. The Hall–Kier alpha value is -1.18. The second-order valence-electron chi connectivity index (χ2n) is 5.04. The number of fused-ring (bicyclic) bond motifs is 1. The molecule has 2 aromatic rings. The summed E-state index contributed by atoms with van der Waals surface area (Å²) in [6, 6.07) is 12.5. The molecule has 0 atom stereocenters. The lowest BCUT2D eigenvalue weighted by Crippen LogP contribution is -2.31. The van der Waals surface area contributed by atoms with Crippen LogP contribution in [0.15, 0.2) is 56.7 Å². The van der Waals surface area contributed by atoms with Gasteiger partial charge in [-0.05, 0) is 58.4 Å². The molecule has 0 aromatic heterocycles. The monoisotopic (exact) mass is 413 g/mol. The van der Waals surface area contributed by atoms with Gasteiger partial charge in [0, 0.05) is 11.4 Å². The van der Waals surface area contributed by atoms with Gasteiger partial charge >= 0.3 is 0 Å². The van der Waals surface area contributed by atoms with Gasteiger partial charge in [-0.1, -0.05) is 12.1 Å². The first-order chi connectivity index (χ1) is 11.0. The van der Waals surface area contributed by atoms with Crippen LogP contribution in [0, 0.1) is 0 Å². The Labute approximate surface area is 149 Å². The molecule has 0 saturated heterocycles. The van der Waals surface area contributed by atoms with Crippen LogP contribution in [-0.2, 0) is 10.0 Å². The summed E-state index contributed by atoms with van der Waals surface area (Å²) in [5.41, 5.74) is 0.752. The molecule has 0 aliphatic carbocycles. The van der Waals surface area contributed by atoms with Gasteiger partial charge < -0.3 is 4.74 Å². The van der Waals surface area contributed by atoms with Crippen LogP contribution in [0.3, 0.4) is 0 Å². The third kappa shape index (κ3) is 3.22. The summed E-state index contributed by atoms with van der Waals surface area (Å²) in [4.78, 5) is 1.26. The lowest BCUT2D eigenvalue weighted by Gasteiger charge is -2.24. The number of nitrogens with zero attached hydrogens (tertiary/aromatic N) is 1. The zero-order valence-electron chi connectivity index (χ0n) is 12.5. The number of thioether (sulfide) groups is 1. The zero-order chi connectivity index (χ0) is 16.4. The molecular formula is C16H16BrNO3S2. The van der Waals surface area contributed by atoms with Crippen molar-refractivity contribution in [1.82, 2.24) is 0 Å². The molecule has 0 radical (unpaired) electrons. The third-order valence-corrected chi connectivity index (χ3v) is 7.19. The summed E-state index contributed by atoms with van der Waals surface area (Å²) in [6.45, 7) is 0.482. The largest absolute Gasteiger partial charge is 0.496 e. The van der Waals surface area contributed by atoms with Crippen molar-refractivity contribution in [3.63, 3.8) is 0 Å². The molecule has 0 fully saturated rings. The van der Waals surface area contributed by atoms with E-state index in [9.17, 15) is 8.42 Å². The Morgan fingerprint density at radius 2 is 2.00 bits per heavy atom. The maximum absolute atomic E-state index is 13.1. The fraction of sp³-hybridized carbons (Fsp3) is 0.250. The SMILES string of the molecule is COc1ccc(S(=O)(=O)N2CCCSc3ccccc32)cc1Br. The minimum absolute atomic E-state index is 0.256. The molecule has 0 spiro atoms. The Morgan fingerprint density at radius 1 is 1.22 bits per heavy atom. The first-order valence-corrected chi connectivity index (χ1v) is 10.3. The van der Waals surface area contributed by atoms with Crippen LogP contribution in [0.1, 0.15) is 6.42 Å². The zero-order valence-corrected chi connectivity index (χ0v) is 15.7. The number of hydrogen-bond acceptors (Lipinski definition) is 4. The van der Waals surface area contributed by atoms with Gasteiger partial charge in [0.15, 0.2) is 0 Å². The molecule has 122 valence electrons. The van der Waals surface area contributed by atoms with Gasteiger partial charge in [-0.3, -0.25) is 4.31 Å². The predicted octanol–water partition coefficient (Wildman–Crippen LogP) is 4.15. The number of halogens is 1. The van der Waals surface area contributed by atoms with E-state index < -0.39 is 10.0 Å². The van der Waals surface area contributed by atoms with E-state index in [1.165, 1.54) is 4.31 Å². The average molecular weight is 414 g/mol. The molecule has 23 heavy (non-hydrogen) atoms. The van der Waals surface area contributed by atoms with Crippen molar-refractivity contribution in [2.45, 2.75) is 16.2 Å². The van der Waals surface area contributed by atoms with E-state index in [1.54, 1.807) is 37.1 Å². The van der Waals surface area contributed by atoms with E-state index in [4.69, 9.17) is 4.74 Å². The quantitative estimate of drug-likeness (QED) is 0.757. The van der Waals surface area contributed by atoms with Crippen molar-refractivity contribution in [2.75, 3.05) is 23.7 Å². The summed E-state index contributed by atoms with van der Waals surface area (Å²) < 4.78 is 33.5. The highest BCUT2D eigenvalue weighted by molar-refractivity contribution is 9.10. The number of rotatable bonds is 3. The molecule has 1 heterocycles. The molecular weight excluding hydrogens is 398 g/mol. The van der Waals surface area contributed by atoms with Crippen LogP contribution in [0.5, 0.6) is 5.75 Å². The van der Waals surface area contributed by atoms with E-state index in [-0.39, 0.29) is 4.90 Å². The van der Waals surface area contributed by atoms with Gasteiger partial charge in [-0.15, -0.1) is 11.8 Å². The highest BCUT2D eigenvalue weighted by atomic mass is 79.9. The van der Waals surface area contributed by atoms with Crippen LogP contribution in [-0.4, -0.2) is 27.8 Å². The predicted molar refractivity (Wildman–Crippen MR) is 97.0 cm³/mol. The molecule has 2 aromatic carbocycles. The lowest BCUT2D eigenvalue weighted by molar-refractivity contribution is 0.411. The topological polar surface area (TPSA) is 46.6 Å². The van der Waals surface area contributed by atoms with Gasteiger partial charge in [-0.2, -0.15) is 0 Å². The van der Waals surface area contributed by atoms with Crippen LogP contribution in [0.4, 0.5) is 5.69 Å². The lowest BCUT2D eigenvalue weighted by atomic mass is 10.3. The van der Waals surface area contributed by atoms with Crippen LogP contribution >= 0.6 is 27.7 Å². The summed E-state index contributed by atoms with van der Waals surface area (Å²) >= 11 is 5.06. The van der Waals surface area contributed by atoms with E-state index in [0.717, 1.165) is 22.8 Å². The second-order valence-corrected chi connectivity index (χ2v) is 8.90. The summed E-state index contributed by atoms with van der Waals surface area (Å²) in [7, 11) is -2.06. The maximum Gasteiger partial charge on any atom is 0.264 e. The standard InChI is InChI=1S/C16H16BrNO3S2/c1-21-15-8-7-12(11-13(15)17)23(19,20)18-9-4-10-22-16-6-3-2-5-14(16)18/h2-3,5-8,11H,4,9-10H2,1H3. The number of ether oxygens (including phenoxy) is 1. The number of para-hydroxylation sites is 1. The second kappa shape index (κ2) is 6.75. The van der Waals surface area contributed by atoms with Gasteiger partial charge in [0.05, 0.1) is 22.2 Å². The first-order valence-electron chi connectivity index (χ1n) is 7.12. The third-order valence-electron chi connectivity index (χ3n) is 3.61. The van der Waals surface area contributed by atoms with E-state index in [2.05, 4.69) is 15.9 Å². The normalized spacial score (nSPS) is 15.0. The summed E-state index contributed by atoms with van der Waals surface area (Å²) in [6.07, 6.45) is 0.815. The Balaban J connectivity index is 2.07. The molecule has 0 unspecified atom stereocenters. The highest BCUT2D eigenvalue weighted by Gasteiger charge is 2.28. The molecule has 7 heteroatoms. The highest BCUT2D eigenvalue weighted by Crippen LogP contribution is 2.37. The molecule has 0 amide bonds. The molecule has 3 rings (SSSR count). The summed E-state index contributed by atoms with van der Waals surface area (Å²) in [5.74, 6) is 1.52. The Morgan fingerprint density at radius 3 is 2.74 bits per heavy atom. The minimum Gasteiger partial charge on any atom is -0.496 e. The van der Waals surface area contributed by atoms with Crippen LogP contribution < -0.4 is 9.04 Å². The number of hydrogen-bond donors (Lipinski definition) is 0. The Bertz CT molecular complexity index is 824. The smallest absolute Gasteiger partial charge is 0.264 e. The van der Waals surface area contributed by atoms with Crippen molar-refractivity contribution in [1.29, 1.82) is 0 Å². The molecule has 0 bridgehead atoms. The van der Waals surface area contributed by atoms with Crippen molar-refractivity contribution in [3.8, 4) is 5.75 Å². The van der Waals surface area contributed by atoms with Crippen LogP contribution in [0.2, 0.25) is 0 Å². The number of methoxy groups -OCH3 is 1. The fourth-order valence-corrected chi connectivity index (χ4v) is 5.77. The average Bonchev–Trinajstić information content (AvgIpc) is 2.77. The Kier molecular flexibility index (Phi) is 4.89. The van der Waals surface area contributed by atoms with Gasteiger partial charge in [0.25, 0.3) is 10.0 Å². The molecule has 0 saturated carbocycles. The molecule has 0 N–H and O–H groups in total. The van der Waals surface area contributed by atoms with Crippen molar-refractivity contribution in [3.05, 3.63) is 46.9 Å². The van der Waals surface area contributed by atoms with Crippen molar-refractivity contribution < 1.29 is 13.2 Å².